The SMILES string of the molecule is CCCCCCCCCCCCCCCCCC(=O)[O-].CCCCCCCCCCCCCCCCCC(=O)[O-].[CH2-]C.[CH2-]C.[Cu+2].[Mg+2]. The van der Waals surface area contributed by atoms with Crippen LogP contribution in [-0.4, -0.2) is 35.0 Å². The van der Waals surface area contributed by atoms with Crippen LogP contribution in [0.3, 0.4) is 0 Å². The number of hydrogen-bond donors (Lipinski definition) is 0. The van der Waals surface area contributed by atoms with Gasteiger partial charge in [0.15, 0.2) is 0 Å². The third-order valence-electron chi connectivity index (χ3n) is 7.97. The fourth-order valence-corrected chi connectivity index (χ4v) is 5.28. The molecule has 0 unspecified atom stereocenters. The minimum Gasteiger partial charge on any atom is -0.550 e. The van der Waals surface area contributed by atoms with E-state index >= 15 is 0 Å². The third kappa shape index (κ3) is 70.5. The van der Waals surface area contributed by atoms with E-state index in [4.69, 9.17) is 0 Å². The molecule has 0 heterocycles. The van der Waals surface area contributed by atoms with Crippen molar-refractivity contribution in [3.8, 4) is 0 Å². The van der Waals surface area contributed by atoms with Crippen molar-refractivity contribution in [2.45, 2.75) is 233 Å². The Morgan fingerprint density at radius 2 is 0.478 bits per heavy atom. The maximum Gasteiger partial charge on any atom is 2.00 e. The van der Waals surface area contributed by atoms with Crippen molar-refractivity contribution in [1.82, 2.24) is 0 Å². The first-order valence-electron chi connectivity index (χ1n) is 19.4. The Morgan fingerprint density at radius 1 is 0.348 bits per heavy atom. The zero-order chi connectivity index (χ0) is 33.8. The Hall–Kier alpha value is 0.226. The van der Waals surface area contributed by atoms with Gasteiger partial charge >= 0.3 is 40.1 Å². The number of aliphatic carboxylic acids is 2. The van der Waals surface area contributed by atoms with Crippen molar-refractivity contribution in [3.05, 3.63) is 13.8 Å². The molecule has 0 fully saturated rings. The van der Waals surface area contributed by atoms with E-state index in [0.29, 0.717) is 0 Å². The first-order valence-corrected chi connectivity index (χ1v) is 19.4. The first kappa shape index (κ1) is 58.4. The third-order valence-corrected chi connectivity index (χ3v) is 7.97. The smallest absolute Gasteiger partial charge is 0.550 e. The summed E-state index contributed by atoms with van der Waals surface area (Å²) in [6.07, 6.45) is 39.7. The first-order chi connectivity index (χ1) is 21.5. The van der Waals surface area contributed by atoms with Crippen LogP contribution in [0.2, 0.25) is 0 Å². The van der Waals surface area contributed by atoms with Crippen molar-refractivity contribution in [1.29, 1.82) is 0 Å². The maximum absolute atomic E-state index is 10.2. The van der Waals surface area contributed by atoms with Gasteiger partial charge in [-0.05, 0) is 25.7 Å². The average Bonchev–Trinajstić information content (AvgIpc) is 3.03. The van der Waals surface area contributed by atoms with Crippen molar-refractivity contribution in [3.63, 3.8) is 0 Å². The van der Waals surface area contributed by atoms with Gasteiger partial charge in [-0.1, -0.05) is 194 Å². The predicted molar refractivity (Wildman–Crippen MR) is 197 cm³/mol. The maximum atomic E-state index is 10.2. The van der Waals surface area contributed by atoms with Crippen LogP contribution in [0.1, 0.15) is 233 Å². The fraction of sp³-hybridized carbons (Fsp3) is 0.900. The van der Waals surface area contributed by atoms with E-state index in [1.807, 2.05) is 0 Å². The quantitative estimate of drug-likeness (QED) is 0.0395. The number of hydrogen-bond acceptors (Lipinski definition) is 4. The summed E-state index contributed by atoms with van der Waals surface area (Å²) in [6.45, 7) is 14.5. The summed E-state index contributed by atoms with van der Waals surface area (Å²) in [4.78, 5) is 20.4. The molecule has 0 aliphatic carbocycles. The number of carboxylic acid groups (broad SMARTS) is 2. The summed E-state index contributed by atoms with van der Waals surface area (Å²) >= 11 is 0. The van der Waals surface area contributed by atoms with E-state index in [-0.39, 0.29) is 53.0 Å². The Labute approximate surface area is 317 Å². The Morgan fingerprint density at radius 3 is 0.609 bits per heavy atom. The molecule has 0 aromatic carbocycles. The van der Waals surface area contributed by atoms with Gasteiger partial charge in [0.25, 0.3) is 0 Å². The molecule has 0 spiro atoms. The van der Waals surface area contributed by atoms with E-state index in [0.717, 1.165) is 25.7 Å². The van der Waals surface area contributed by atoms with Gasteiger partial charge in [-0.2, -0.15) is 13.8 Å². The molecule has 1 radical (unpaired) electrons. The molecule has 4 nitrogen and oxygen atoms in total. The van der Waals surface area contributed by atoms with Crippen LogP contribution in [0.25, 0.3) is 0 Å². The molecule has 0 aromatic heterocycles. The van der Waals surface area contributed by atoms with Crippen molar-refractivity contribution in [2.24, 2.45) is 0 Å². The summed E-state index contributed by atoms with van der Waals surface area (Å²) < 4.78 is 0. The predicted octanol–water partition coefficient (Wildman–Crippen LogP) is 11.3. The average molecular weight is 713 g/mol. The number of rotatable bonds is 32. The van der Waals surface area contributed by atoms with Gasteiger partial charge in [-0.3, -0.25) is 0 Å². The van der Waals surface area contributed by atoms with Gasteiger partial charge in [-0.15, -0.1) is 0 Å². The normalized spacial score (nSPS) is 9.70. The van der Waals surface area contributed by atoms with Crippen LogP contribution < -0.4 is 10.2 Å². The molecule has 0 N–H and O–H groups in total. The molecule has 6 heteroatoms. The molecular formula is C40H80CuMgO4. The molecule has 0 atom stereocenters. The fourth-order valence-electron chi connectivity index (χ4n) is 5.28. The van der Waals surface area contributed by atoms with Gasteiger partial charge in [-0.25, -0.2) is 0 Å². The number of carbonyl (C=O) groups is 2. The molecule has 0 aliphatic heterocycles. The van der Waals surface area contributed by atoms with Crippen LogP contribution in [0, 0.1) is 13.8 Å². The number of carboxylic acids is 2. The van der Waals surface area contributed by atoms with E-state index in [1.54, 1.807) is 13.8 Å². The molecule has 0 saturated heterocycles. The van der Waals surface area contributed by atoms with Crippen molar-refractivity contribution in [2.75, 3.05) is 0 Å². The van der Waals surface area contributed by atoms with Crippen molar-refractivity contribution >= 4 is 35.0 Å². The summed E-state index contributed by atoms with van der Waals surface area (Å²) in [6, 6.07) is 0. The topological polar surface area (TPSA) is 80.3 Å². The second-order valence-electron chi connectivity index (χ2n) is 12.1. The zero-order valence-electron chi connectivity index (χ0n) is 31.7. The van der Waals surface area contributed by atoms with E-state index in [1.165, 1.54) is 167 Å². The molecule has 0 bridgehead atoms. The van der Waals surface area contributed by atoms with Crippen LogP contribution in [0.15, 0.2) is 0 Å². The van der Waals surface area contributed by atoms with Gasteiger partial charge in [0.1, 0.15) is 0 Å². The second-order valence-corrected chi connectivity index (χ2v) is 12.1. The van der Waals surface area contributed by atoms with Crippen molar-refractivity contribution < 1.29 is 36.9 Å². The van der Waals surface area contributed by atoms with Gasteiger partial charge < -0.3 is 33.6 Å². The van der Waals surface area contributed by atoms with E-state index in [2.05, 4.69) is 27.7 Å². The van der Waals surface area contributed by atoms with E-state index < -0.39 is 11.9 Å². The molecule has 0 rings (SSSR count). The summed E-state index contributed by atoms with van der Waals surface area (Å²) in [5.74, 6) is -1.81. The molecular weight excluding hydrogens is 632 g/mol. The Bertz CT molecular complexity index is 462. The number of carbonyl (C=O) groups excluding carboxylic acids is 2. The molecule has 0 aliphatic rings. The van der Waals surface area contributed by atoms with Gasteiger partial charge in [0.05, 0.1) is 0 Å². The molecule has 0 amide bonds. The minimum absolute atomic E-state index is 0. The Balaban J connectivity index is -0.000000151. The molecule has 46 heavy (non-hydrogen) atoms. The molecule has 0 saturated carbocycles. The summed E-state index contributed by atoms with van der Waals surface area (Å²) in [7, 11) is 0. The summed E-state index contributed by atoms with van der Waals surface area (Å²) in [5.41, 5.74) is 0. The molecule has 0 aromatic rings. The second kappa shape index (κ2) is 60.5. The van der Waals surface area contributed by atoms with E-state index in [9.17, 15) is 19.8 Å². The largest absolute Gasteiger partial charge is 2.00 e. The van der Waals surface area contributed by atoms with Crippen LogP contribution >= 0.6 is 0 Å². The monoisotopic (exact) mass is 712 g/mol. The van der Waals surface area contributed by atoms with Crippen LogP contribution in [0.4, 0.5) is 0 Å². The standard InChI is InChI=1S/2C18H36O2.2C2H5.Cu.Mg/c2*1-2-3-4-5-6-7-8-9-10-11-12-13-14-15-16-17-18(19)20;2*1-2;;/h2*2-17H2,1H3,(H,19,20);2*1H2,2H3;;/q;;2*-1;2*+2/p-2. The van der Waals surface area contributed by atoms with Gasteiger partial charge in [0.2, 0.25) is 0 Å². The number of unbranched alkanes of at least 4 members (excludes halogenated alkanes) is 28. The van der Waals surface area contributed by atoms with Crippen LogP contribution in [-0.2, 0) is 26.7 Å². The summed E-state index contributed by atoms with van der Waals surface area (Å²) in [5, 5.41) is 20.4. The molecule has 277 valence electrons. The Kier molecular flexibility index (Phi) is 76.9. The van der Waals surface area contributed by atoms with Gasteiger partial charge in [0, 0.05) is 11.9 Å². The van der Waals surface area contributed by atoms with Crippen LogP contribution in [0.5, 0.6) is 0 Å². The minimum atomic E-state index is -0.903. The zero-order valence-corrected chi connectivity index (χ0v) is 34.0.